The Labute approximate surface area is 170 Å². The first-order chi connectivity index (χ1) is 13.7. The number of hydrogen-bond acceptors (Lipinski definition) is 5. The number of Topliss-reactive ketones (excluding diaryl/α,β-unsaturated/α-hetero) is 1. The molecule has 1 aliphatic rings. The summed E-state index contributed by atoms with van der Waals surface area (Å²) in [5, 5.41) is 20.8. The van der Waals surface area contributed by atoms with Crippen LogP contribution in [-0.2, 0) is 9.59 Å². The fraction of sp³-hybridized carbons (Fsp3) is 0.304. The average Bonchev–Trinajstić information content (AvgIpc) is 2.92. The summed E-state index contributed by atoms with van der Waals surface area (Å²) in [5.41, 5.74) is 3.20. The van der Waals surface area contributed by atoms with Gasteiger partial charge in [0.15, 0.2) is 0 Å². The lowest BCUT2D eigenvalue weighted by Crippen LogP contribution is -2.35. The molecule has 2 atom stereocenters. The predicted octanol–water partition coefficient (Wildman–Crippen LogP) is 2.86. The molecule has 6 nitrogen and oxygen atoms in total. The molecule has 1 saturated heterocycles. The monoisotopic (exact) mass is 394 g/mol. The van der Waals surface area contributed by atoms with Crippen LogP contribution >= 0.6 is 0 Å². The summed E-state index contributed by atoms with van der Waals surface area (Å²) in [6, 6.07) is 13.8. The van der Waals surface area contributed by atoms with Crippen molar-refractivity contribution < 1.29 is 19.8 Å². The molecule has 6 heteroatoms. The van der Waals surface area contributed by atoms with E-state index < -0.39 is 23.8 Å². The van der Waals surface area contributed by atoms with E-state index in [0.29, 0.717) is 11.1 Å². The van der Waals surface area contributed by atoms with Gasteiger partial charge in [-0.05, 0) is 31.5 Å². The SMILES string of the molecule is Cc1ccc(C(O)=C2C(=O)C(=O)N(C[C@H](C)O)[C@H]2c2ccc(N(C)C)cc2)cc1. The van der Waals surface area contributed by atoms with E-state index in [0.717, 1.165) is 11.3 Å². The fourth-order valence-corrected chi connectivity index (χ4v) is 3.52. The maximum absolute atomic E-state index is 12.8. The Morgan fingerprint density at radius 1 is 1.07 bits per heavy atom. The molecule has 3 rings (SSSR count). The molecular weight excluding hydrogens is 368 g/mol. The molecule has 29 heavy (non-hydrogen) atoms. The van der Waals surface area contributed by atoms with Gasteiger partial charge in [-0.1, -0.05) is 42.0 Å². The van der Waals surface area contributed by atoms with Crippen LogP contribution in [0.2, 0.25) is 0 Å². The van der Waals surface area contributed by atoms with Crippen LogP contribution in [0, 0.1) is 6.92 Å². The Morgan fingerprint density at radius 2 is 1.66 bits per heavy atom. The first kappa shape index (κ1) is 20.6. The van der Waals surface area contributed by atoms with Crippen molar-refractivity contribution in [1.29, 1.82) is 0 Å². The number of benzene rings is 2. The molecule has 1 fully saturated rings. The van der Waals surface area contributed by atoms with Crippen LogP contribution in [0.1, 0.15) is 29.7 Å². The number of ketones is 1. The third-order valence-electron chi connectivity index (χ3n) is 5.05. The van der Waals surface area contributed by atoms with Crippen molar-refractivity contribution >= 4 is 23.1 Å². The van der Waals surface area contributed by atoms with E-state index in [4.69, 9.17) is 0 Å². The molecule has 0 unspecified atom stereocenters. The number of carbonyl (C=O) groups excluding carboxylic acids is 2. The third-order valence-corrected chi connectivity index (χ3v) is 5.05. The molecule has 2 N–H and O–H groups in total. The highest BCUT2D eigenvalue weighted by molar-refractivity contribution is 6.46. The second-order valence-electron chi connectivity index (χ2n) is 7.65. The summed E-state index contributed by atoms with van der Waals surface area (Å²) in [5.74, 6) is -1.68. The molecule has 0 saturated carbocycles. The zero-order chi connectivity index (χ0) is 21.3. The van der Waals surface area contributed by atoms with Gasteiger partial charge < -0.3 is 20.0 Å². The molecule has 0 bridgehead atoms. The van der Waals surface area contributed by atoms with Crippen molar-refractivity contribution in [2.24, 2.45) is 0 Å². The standard InChI is InChI=1S/C23H26N2O4/c1-14-5-7-17(8-6-14)21(27)19-20(16-9-11-18(12-10-16)24(3)4)25(13-15(2)26)23(29)22(19)28/h5-12,15,20,26-27H,13H2,1-4H3/t15-,20-/m0/s1. The van der Waals surface area contributed by atoms with Crippen LogP contribution in [0.25, 0.3) is 5.76 Å². The Hall–Kier alpha value is -3.12. The van der Waals surface area contributed by atoms with Gasteiger partial charge in [-0.3, -0.25) is 9.59 Å². The van der Waals surface area contributed by atoms with Crippen molar-refractivity contribution in [3.63, 3.8) is 0 Å². The minimum absolute atomic E-state index is 0.00461. The molecule has 2 aromatic carbocycles. The number of likely N-dealkylation sites (tertiary alicyclic amines) is 1. The normalized spacial score (nSPS) is 19.5. The number of hydrogen-bond donors (Lipinski definition) is 2. The van der Waals surface area contributed by atoms with Crippen LogP contribution in [0.15, 0.2) is 54.1 Å². The molecule has 0 spiro atoms. The van der Waals surface area contributed by atoms with Gasteiger partial charge in [0.25, 0.3) is 11.7 Å². The fourth-order valence-electron chi connectivity index (χ4n) is 3.52. The summed E-state index contributed by atoms with van der Waals surface area (Å²) in [6.07, 6.45) is -0.809. The largest absolute Gasteiger partial charge is 0.507 e. The molecule has 152 valence electrons. The summed E-state index contributed by atoms with van der Waals surface area (Å²) in [4.78, 5) is 28.8. The van der Waals surface area contributed by atoms with E-state index in [-0.39, 0.29) is 17.9 Å². The highest BCUT2D eigenvalue weighted by atomic mass is 16.3. The number of amides is 1. The second kappa shape index (κ2) is 8.09. The van der Waals surface area contributed by atoms with Crippen LogP contribution in [0.3, 0.4) is 0 Å². The quantitative estimate of drug-likeness (QED) is 0.463. The van der Waals surface area contributed by atoms with E-state index in [2.05, 4.69) is 0 Å². The van der Waals surface area contributed by atoms with Gasteiger partial charge in [0, 0.05) is 31.9 Å². The molecule has 0 radical (unpaired) electrons. The molecule has 0 aromatic heterocycles. The van der Waals surface area contributed by atoms with Crippen molar-refractivity contribution in [1.82, 2.24) is 4.90 Å². The number of carbonyl (C=O) groups is 2. The summed E-state index contributed by atoms with van der Waals surface area (Å²) < 4.78 is 0. The highest BCUT2D eigenvalue weighted by Crippen LogP contribution is 2.39. The van der Waals surface area contributed by atoms with E-state index in [1.807, 2.05) is 62.3 Å². The Morgan fingerprint density at radius 3 is 2.17 bits per heavy atom. The average molecular weight is 394 g/mol. The van der Waals surface area contributed by atoms with Gasteiger partial charge in [-0.25, -0.2) is 0 Å². The number of aliphatic hydroxyl groups is 2. The van der Waals surface area contributed by atoms with Gasteiger partial charge in [0.05, 0.1) is 17.7 Å². The van der Waals surface area contributed by atoms with Gasteiger partial charge in [-0.2, -0.15) is 0 Å². The first-order valence-corrected chi connectivity index (χ1v) is 9.51. The van der Waals surface area contributed by atoms with Crippen LogP contribution in [-0.4, -0.2) is 53.5 Å². The second-order valence-corrected chi connectivity index (χ2v) is 7.65. The zero-order valence-electron chi connectivity index (χ0n) is 17.1. The summed E-state index contributed by atoms with van der Waals surface area (Å²) in [7, 11) is 3.85. The van der Waals surface area contributed by atoms with Crippen molar-refractivity contribution in [3.05, 3.63) is 70.8 Å². The maximum atomic E-state index is 12.8. The smallest absolute Gasteiger partial charge is 0.295 e. The minimum atomic E-state index is -0.809. The molecule has 1 amide bonds. The number of rotatable bonds is 5. The Kier molecular flexibility index (Phi) is 5.75. The highest BCUT2D eigenvalue weighted by Gasteiger charge is 2.46. The van der Waals surface area contributed by atoms with Gasteiger partial charge >= 0.3 is 0 Å². The Bertz CT molecular complexity index is 944. The van der Waals surface area contributed by atoms with Gasteiger partial charge in [-0.15, -0.1) is 0 Å². The maximum Gasteiger partial charge on any atom is 0.295 e. The summed E-state index contributed by atoms with van der Waals surface area (Å²) >= 11 is 0. The van der Waals surface area contributed by atoms with E-state index >= 15 is 0 Å². The lowest BCUT2D eigenvalue weighted by molar-refractivity contribution is -0.140. The zero-order valence-corrected chi connectivity index (χ0v) is 17.1. The van der Waals surface area contributed by atoms with Gasteiger partial charge in [0.2, 0.25) is 0 Å². The topological polar surface area (TPSA) is 81.1 Å². The molecule has 2 aromatic rings. The van der Waals surface area contributed by atoms with Gasteiger partial charge in [0.1, 0.15) is 5.76 Å². The number of anilines is 1. The van der Waals surface area contributed by atoms with Crippen molar-refractivity contribution in [2.45, 2.75) is 26.0 Å². The third kappa shape index (κ3) is 4.03. The predicted molar refractivity (Wildman–Crippen MR) is 113 cm³/mol. The lowest BCUT2D eigenvalue weighted by atomic mass is 9.94. The van der Waals surface area contributed by atoms with E-state index in [1.54, 1.807) is 19.1 Å². The first-order valence-electron chi connectivity index (χ1n) is 9.51. The Balaban J connectivity index is 2.15. The summed E-state index contributed by atoms with van der Waals surface area (Å²) in [6.45, 7) is 3.48. The molecule has 1 aliphatic heterocycles. The lowest BCUT2D eigenvalue weighted by Gasteiger charge is -2.26. The van der Waals surface area contributed by atoms with E-state index in [9.17, 15) is 19.8 Å². The van der Waals surface area contributed by atoms with Crippen LogP contribution < -0.4 is 4.90 Å². The minimum Gasteiger partial charge on any atom is -0.507 e. The molecule has 0 aliphatic carbocycles. The number of nitrogens with zero attached hydrogens (tertiary/aromatic N) is 2. The van der Waals surface area contributed by atoms with Crippen molar-refractivity contribution in [3.8, 4) is 0 Å². The van der Waals surface area contributed by atoms with E-state index in [1.165, 1.54) is 4.90 Å². The number of aryl methyl sites for hydroxylation is 1. The van der Waals surface area contributed by atoms with Crippen LogP contribution in [0.4, 0.5) is 5.69 Å². The molecule has 1 heterocycles. The van der Waals surface area contributed by atoms with Crippen LogP contribution in [0.5, 0.6) is 0 Å². The molecular formula is C23H26N2O4. The number of β-amino-alcohol motifs (C(OH)–C–C–N with tert-alkyl or cyclic N) is 1. The van der Waals surface area contributed by atoms with Crippen molar-refractivity contribution in [2.75, 3.05) is 25.5 Å². The number of aliphatic hydroxyl groups excluding tert-OH is 2.